The average molecular weight is 377 g/mol. The lowest BCUT2D eigenvalue weighted by Crippen LogP contribution is -2.40. The summed E-state index contributed by atoms with van der Waals surface area (Å²) in [6.45, 7) is 19.8. The number of ether oxygens (including phenoxy) is 2. The molecule has 6 nitrogen and oxygen atoms in total. The normalized spacial score (nSPS) is 14.5. The molecule has 0 unspecified atom stereocenters. The van der Waals surface area contributed by atoms with Gasteiger partial charge in [0.25, 0.3) is 0 Å². The number of nitrogens with two attached hydrogens (primary N) is 2. The molecular formula is C20H48N4O2. The maximum absolute atomic E-state index is 5.65. The number of hydrogen-bond acceptors (Lipinski definition) is 6. The van der Waals surface area contributed by atoms with Crippen molar-refractivity contribution >= 4 is 0 Å². The molecule has 26 heavy (non-hydrogen) atoms. The van der Waals surface area contributed by atoms with E-state index in [0.717, 1.165) is 13.1 Å². The summed E-state index contributed by atoms with van der Waals surface area (Å²) in [7, 11) is 4.19. The molecule has 6 heteroatoms. The van der Waals surface area contributed by atoms with Crippen LogP contribution in [0.3, 0.4) is 0 Å². The Hall–Kier alpha value is -0.240. The number of rotatable bonds is 12. The third-order valence-electron chi connectivity index (χ3n) is 4.20. The van der Waals surface area contributed by atoms with Crippen LogP contribution in [0, 0.1) is 0 Å². The van der Waals surface area contributed by atoms with Gasteiger partial charge < -0.3 is 30.7 Å². The summed E-state index contributed by atoms with van der Waals surface area (Å²) < 4.78 is 11.3. The molecule has 0 aliphatic heterocycles. The molecule has 0 aliphatic carbocycles. The number of likely N-dealkylation sites (N-methyl/N-ethyl adjacent to an activating group) is 2. The summed E-state index contributed by atoms with van der Waals surface area (Å²) >= 11 is 0. The minimum atomic E-state index is 0.160. The molecule has 0 radical (unpaired) electrons. The van der Waals surface area contributed by atoms with Crippen molar-refractivity contribution in [3.8, 4) is 0 Å². The Morgan fingerprint density at radius 2 is 0.885 bits per heavy atom. The number of hydrogen-bond donors (Lipinski definition) is 2. The second-order valence-corrected chi connectivity index (χ2v) is 8.15. The van der Waals surface area contributed by atoms with E-state index in [0.29, 0.717) is 25.2 Å². The highest BCUT2D eigenvalue weighted by atomic mass is 16.5. The zero-order valence-electron chi connectivity index (χ0n) is 19.2. The first-order valence-corrected chi connectivity index (χ1v) is 10.1. The Morgan fingerprint density at radius 3 is 1.04 bits per heavy atom. The van der Waals surface area contributed by atoms with Gasteiger partial charge in [0, 0.05) is 38.3 Å². The van der Waals surface area contributed by atoms with Gasteiger partial charge in [-0.1, -0.05) is 0 Å². The summed E-state index contributed by atoms with van der Waals surface area (Å²) in [4.78, 5) is 4.50. The summed E-state index contributed by atoms with van der Waals surface area (Å²) in [6.07, 6.45) is 0.836. The standard InChI is InChI=1S/2C10H24N2O/c2*1-8(2)12(5)7-10(6-11)13-9(3)4/h2*8-10H,6-7,11H2,1-5H3/t2*10-/m10/s1. The third-order valence-corrected chi connectivity index (χ3v) is 4.20. The molecule has 0 aromatic carbocycles. The third kappa shape index (κ3) is 16.0. The molecule has 0 saturated carbocycles. The van der Waals surface area contributed by atoms with E-state index in [9.17, 15) is 0 Å². The van der Waals surface area contributed by atoms with Crippen LogP contribution in [0.4, 0.5) is 0 Å². The van der Waals surface area contributed by atoms with E-state index in [1.54, 1.807) is 0 Å². The van der Waals surface area contributed by atoms with Gasteiger partial charge in [-0.2, -0.15) is 0 Å². The lowest BCUT2D eigenvalue weighted by atomic mass is 10.2. The monoisotopic (exact) mass is 376 g/mol. The summed E-state index contributed by atoms with van der Waals surface area (Å²) in [5, 5.41) is 0. The Morgan fingerprint density at radius 1 is 0.615 bits per heavy atom. The highest BCUT2D eigenvalue weighted by Gasteiger charge is 2.14. The smallest absolute Gasteiger partial charge is 0.0827 e. The predicted molar refractivity (Wildman–Crippen MR) is 114 cm³/mol. The van der Waals surface area contributed by atoms with Gasteiger partial charge in [0.05, 0.1) is 24.4 Å². The first kappa shape index (κ1) is 28.0. The zero-order valence-corrected chi connectivity index (χ0v) is 19.2. The van der Waals surface area contributed by atoms with E-state index in [2.05, 4.69) is 51.6 Å². The fraction of sp³-hybridized carbons (Fsp3) is 1.00. The molecule has 0 spiro atoms. The molecule has 0 aromatic heterocycles. The van der Waals surface area contributed by atoms with E-state index in [1.165, 1.54) is 0 Å². The summed E-state index contributed by atoms with van der Waals surface area (Å²) in [5.74, 6) is 0. The van der Waals surface area contributed by atoms with E-state index < -0.39 is 0 Å². The molecular weight excluding hydrogens is 328 g/mol. The molecule has 0 aliphatic rings. The minimum Gasteiger partial charge on any atom is -0.373 e. The Labute approximate surface area is 163 Å². The van der Waals surface area contributed by atoms with E-state index >= 15 is 0 Å². The van der Waals surface area contributed by atoms with Crippen LogP contribution in [-0.2, 0) is 9.47 Å². The van der Waals surface area contributed by atoms with Crippen LogP contribution in [0.5, 0.6) is 0 Å². The van der Waals surface area contributed by atoms with Crippen molar-refractivity contribution in [1.82, 2.24) is 9.80 Å². The van der Waals surface area contributed by atoms with Crippen LogP contribution in [0.1, 0.15) is 55.4 Å². The lowest BCUT2D eigenvalue weighted by Gasteiger charge is -2.27. The van der Waals surface area contributed by atoms with Gasteiger partial charge in [-0.05, 0) is 69.5 Å². The molecule has 0 saturated heterocycles. The van der Waals surface area contributed by atoms with Gasteiger partial charge in [0.1, 0.15) is 0 Å². The quantitative estimate of drug-likeness (QED) is 0.543. The van der Waals surface area contributed by atoms with Gasteiger partial charge in [0.15, 0.2) is 0 Å². The fourth-order valence-electron chi connectivity index (χ4n) is 2.18. The number of nitrogens with zero attached hydrogens (tertiary/aromatic N) is 2. The van der Waals surface area contributed by atoms with Gasteiger partial charge in [-0.15, -0.1) is 0 Å². The Balaban J connectivity index is 0. The van der Waals surface area contributed by atoms with Crippen LogP contribution in [0.2, 0.25) is 0 Å². The van der Waals surface area contributed by atoms with E-state index in [-0.39, 0.29) is 24.4 Å². The molecule has 0 aromatic rings. The molecule has 0 amide bonds. The van der Waals surface area contributed by atoms with Gasteiger partial charge in [0.2, 0.25) is 0 Å². The molecule has 4 N–H and O–H groups in total. The van der Waals surface area contributed by atoms with Crippen molar-refractivity contribution in [2.75, 3.05) is 40.3 Å². The van der Waals surface area contributed by atoms with Gasteiger partial charge >= 0.3 is 0 Å². The molecule has 0 fully saturated rings. The van der Waals surface area contributed by atoms with Crippen molar-refractivity contribution in [3.63, 3.8) is 0 Å². The van der Waals surface area contributed by atoms with E-state index in [4.69, 9.17) is 20.9 Å². The maximum atomic E-state index is 5.65. The highest BCUT2D eigenvalue weighted by molar-refractivity contribution is 4.68. The van der Waals surface area contributed by atoms with Crippen LogP contribution in [-0.4, -0.2) is 86.6 Å². The predicted octanol–water partition coefficient (Wildman–Crippen LogP) is 2.16. The Bertz CT molecular complexity index is 282. The highest BCUT2D eigenvalue weighted by Crippen LogP contribution is 2.02. The molecule has 160 valence electrons. The first-order chi connectivity index (χ1) is 11.9. The maximum Gasteiger partial charge on any atom is 0.0827 e. The molecule has 0 heterocycles. The second kappa shape index (κ2) is 15.8. The largest absolute Gasteiger partial charge is 0.373 e. The van der Waals surface area contributed by atoms with E-state index in [1.807, 2.05) is 27.7 Å². The topological polar surface area (TPSA) is 77.0 Å². The summed E-state index contributed by atoms with van der Waals surface area (Å²) in [5.41, 5.74) is 11.2. The first-order valence-electron chi connectivity index (χ1n) is 10.1. The fourth-order valence-corrected chi connectivity index (χ4v) is 2.18. The van der Waals surface area contributed by atoms with Crippen molar-refractivity contribution < 1.29 is 9.47 Å². The van der Waals surface area contributed by atoms with Crippen molar-refractivity contribution in [3.05, 3.63) is 0 Å². The minimum absolute atomic E-state index is 0.160. The zero-order chi connectivity index (χ0) is 20.9. The van der Waals surface area contributed by atoms with Gasteiger partial charge in [-0.3, -0.25) is 0 Å². The second-order valence-electron chi connectivity index (χ2n) is 8.15. The summed E-state index contributed by atoms with van der Waals surface area (Å²) in [6, 6.07) is 1.09. The van der Waals surface area contributed by atoms with Crippen molar-refractivity contribution in [2.24, 2.45) is 11.5 Å². The lowest BCUT2D eigenvalue weighted by molar-refractivity contribution is -0.00704. The SMILES string of the molecule is CC(C)O[C@@H](CN)CN(C)C(C)C.CC(C)O[C@H](CN)CN(C)C(C)C. The molecule has 2 atom stereocenters. The molecule has 0 bridgehead atoms. The van der Waals surface area contributed by atoms with Crippen LogP contribution in [0.15, 0.2) is 0 Å². The average Bonchev–Trinajstić information content (AvgIpc) is 2.52. The van der Waals surface area contributed by atoms with Crippen LogP contribution >= 0.6 is 0 Å². The van der Waals surface area contributed by atoms with Crippen LogP contribution in [0.25, 0.3) is 0 Å². The van der Waals surface area contributed by atoms with Gasteiger partial charge in [-0.25, -0.2) is 0 Å². The van der Waals surface area contributed by atoms with Crippen molar-refractivity contribution in [2.45, 2.75) is 91.9 Å². The Kier molecular flexibility index (Phi) is 17.0. The molecule has 0 rings (SSSR count). The van der Waals surface area contributed by atoms with Crippen LogP contribution < -0.4 is 11.5 Å². The van der Waals surface area contributed by atoms with Crippen molar-refractivity contribution in [1.29, 1.82) is 0 Å².